The van der Waals surface area contributed by atoms with Crippen LogP contribution in [0.2, 0.25) is 0 Å². The molecule has 0 spiro atoms. The molecule has 17 heavy (non-hydrogen) atoms. The van der Waals surface area contributed by atoms with Gasteiger partial charge in [-0.3, -0.25) is 9.69 Å². The molecule has 1 amide bonds. The molecule has 0 aromatic rings. The molecule has 2 rings (SSSR count). The molecule has 0 aromatic heterocycles. The fraction of sp³-hybridized carbons (Fsp3) is 0.923. The zero-order valence-corrected chi connectivity index (χ0v) is 10.8. The lowest BCUT2D eigenvalue weighted by molar-refractivity contribution is -0.131. The van der Waals surface area contributed by atoms with Crippen molar-refractivity contribution in [3.8, 4) is 0 Å². The van der Waals surface area contributed by atoms with E-state index in [1.54, 1.807) is 6.92 Å². The molecule has 1 heterocycles. The molecule has 2 unspecified atom stereocenters. The molecule has 0 bridgehead atoms. The minimum atomic E-state index is -0.165. The SMILES string of the molecule is CC(=O)N1CCN(C2CCCCCC2O)CC1. The highest BCUT2D eigenvalue weighted by Gasteiger charge is 2.30. The molecule has 1 N–H and O–H groups in total. The maximum absolute atomic E-state index is 11.3. The van der Waals surface area contributed by atoms with Gasteiger partial charge < -0.3 is 10.0 Å². The van der Waals surface area contributed by atoms with Crippen LogP contribution in [0.4, 0.5) is 0 Å². The molecular formula is C13H24N2O2. The molecule has 4 nitrogen and oxygen atoms in total. The molecule has 1 saturated heterocycles. The van der Waals surface area contributed by atoms with Crippen LogP contribution in [0.5, 0.6) is 0 Å². The van der Waals surface area contributed by atoms with Crippen molar-refractivity contribution in [2.75, 3.05) is 26.2 Å². The Balaban J connectivity index is 1.88. The van der Waals surface area contributed by atoms with E-state index < -0.39 is 0 Å². The molecule has 1 aliphatic heterocycles. The number of carbonyl (C=O) groups excluding carboxylic acids is 1. The van der Waals surface area contributed by atoms with Crippen molar-refractivity contribution in [3.05, 3.63) is 0 Å². The Morgan fingerprint density at radius 3 is 2.35 bits per heavy atom. The van der Waals surface area contributed by atoms with Gasteiger partial charge in [0.1, 0.15) is 0 Å². The predicted octanol–water partition coefficient (Wildman–Crippen LogP) is 0.844. The number of amides is 1. The first-order chi connectivity index (χ1) is 8.18. The number of hydrogen-bond acceptors (Lipinski definition) is 3. The Bertz CT molecular complexity index is 262. The Morgan fingerprint density at radius 2 is 1.71 bits per heavy atom. The first-order valence-electron chi connectivity index (χ1n) is 6.86. The van der Waals surface area contributed by atoms with Gasteiger partial charge in [-0.15, -0.1) is 0 Å². The van der Waals surface area contributed by atoms with Gasteiger partial charge in [0.2, 0.25) is 5.91 Å². The van der Waals surface area contributed by atoms with Gasteiger partial charge in [0.15, 0.2) is 0 Å². The minimum absolute atomic E-state index is 0.165. The summed E-state index contributed by atoms with van der Waals surface area (Å²) >= 11 is 0. The number of piperazine rings is 1. The van der Waals surface area contributed by atoms with Crippen LogP contribution in [0.3, 0.4) is 0 Å². The van der Waals surface area contributed by atoms with Gasteiger partial charge >= 0.3 is 0 Å². The van der Waals surface area contributed by atoms with Crippen LogP contribution in [-0.2, 0) is 4.79 Å². The van der Waals surface area contributed by atoms with Gasteiger partial charge in [0, 0.05) is 39.1 Å². The van der Waals surface area contributed by atoms with Crippen molar-refractivity contribution in [2.45, 2.75) is 51.2 Å². The lowest BCUT2D eigenvalue weighted by Gasteiger charge is -2.40. The monoisotopic (exact) mass is 240 g/mol. The summed E-state index contributed by atoms with van der Waals surface area (Å²) in [5.74, 6) is 0.172. The quantitative estimate of drug-likeness (QED) is 0.691. The number of hydrogen-bond donors (Lipinski definition) is 1. The smallest absolute Gasteiger partial charge is 0.219 e. The van der Waals surface area contributed by atoms with Crippen LogP contribution < -0.4 is 0 Å². The molecule has 1 aliphatic carbocycles. The number of rotatable bonds is 1. The molecular weight excluding hydrogens is 216 g/mol. The molecule has 98 valence electrons. The summed E-state index contributed by atoms with van der Waals surface area (Å²) < 4.78 is 0. The number of aliphatic hydroxyl groups excluding tert-OH is 1. The molecule has 1 saturated carbocycles. The van der Waals surface area contributed by atoms with Crippen molar-refractivity contribution < 1.29 is 9.90 Å². The van der Waals surface area contributed by atoms with Crippen LogP contribution in [0.1, 0.15) is 39.0 Å². The van der Waals surface area contributed by atoms with Gasteiger partial charge in [-0.25, -0.2) is 0 Å². The first kappa shape index (κ1) is 12.8. The predicted molar refractivity (Wildman–Crippen MR) is 66.7 cm³/mol. The average molecular weight is 240 g/mol. The molecule has 2 atom stereocenters. The number of nitrogens with zero attached hydrogens (tertiary/aromatic N) is 2. The molecule has 4 heteroatoms. The van der Waals surface area contributed by atoms with E-state index in [4.69, 9.17) is 0 Å². The highest BCUT2D eigenvalue weighted by molar-refractivity contribution is 5.73. The third kappa shape index (κ3) is 3.19. The second-order valence-electron chi connectivity index (χ2n) is 5.31. The van der Waals surface area contributed by atoms with Gasteiger partial charge in [-0.1, -0.05) is 19.3 Å². The summed E-state index contributed by atoms with van der Waals surface area (Å²) in [6.45, 7) is 5.11. The largest absolute Gasteiger partial charge is 0.391 e. The Morgan fingerprint density at radius 1 is 1.06 bits per heavy atom. The normalized spacial score (nSPS) is 32.2. The summed E-state index contributed by atoms with van der Waals surface area (Å²) in [5.41, 5.74) is 0. The lowest BCUT2D eigenvalue weighted by Crippen LogP contribution is -2.54. The van der Waals surface area contributed by atoms with Crippen molar-refractivity contribution in [1.82, 2.24) is 9.80 Å². The van der Waals surface area contributed by atoms with Gasteiger partial charge in [-0.05, 0) is 12.8 Å². The fourth-order valence-electron chi connectivity index (χ4n) is 3.06. The van der Waals surface area contributed by atoms with Crippen LogP contribution in [-0.4, -0.2) is 59.1 Å². The summed E-state index contributed by atoms with van der Waals surface area (Å²) in [5, 5.41) is 10.2. The third-order valence-electron chi connectivity index (χ3n) is 4.17. The Labute approximate surface area is 104 Å². The van der Waals surface area contributed by atoms with E-state index in [-0.39, 0.29) is 12.0 Å². The Hall–Kier alpha value is -0.610. The third-order valence-corrected chi connectivity index (χ3v) is 4.17. The second kappa shape index (κ2) is 5.83. The Kier molecular flexibility index (Phi) is 4.40. The first-order valence-corrected chi connectivity index (χ1v) is 6.86. The highest BCUT2D eigenvalue weighted by atomic mass is 16.3. The minimum Gasteiger partial charge on any atom is -0.391 e. The summed E-state index contributed by atoms with van der Waals surface area (Å²) in [6, 6.07) is 0.326. The number of carbonyl (C=O) groups is 1. The molecule has 0 aromatic carbocycles. The van der Waals surface area contributed by atoms with E-state index in [0.717, 1.165) is 45.4 Å². The van der Waals surface area contributed by atoms with E-state index >= 15 is 0 Å². The molecule has 0 radical (unpaired) electrons. The second-order valence-corrected chi connectivity index (χ2v) is 5.31. The fourth-order valence-corrected chi connectivity index (χ4v) is 3.06. The maximum atomic E-state index is 11.3. The van der Waals surface area contributed by atoms with Crippen molar-refractivity contribution in [3.63, 3.8) is 0 Å². The van der Waals surface area contributed by atoms with Crippen LogP contribution in [0, 0.1) is 0 Å². The molecule has 2 fully saturated rings. The van der Waals surface area contributed by atoms with E-state index in [0.29, 0.717) is 6.04 Å². The topological polar surface area (TPSA) is 43.8 Å². The lowest BCUT2D eigenvalue weighted by atomic mass is 10.0. The average Bonchev–Trinajstić information content (AvgIpc) is 2.54. The van der Waals surface area contributed by atoms with Crippen molar-refractivity contribution >= 4 is 5.91 Å². The van der Waals surface area contributed by atoms with Gasteiger partial charge in [0.25, 0.3) is 0 Å². The standard InChI is InChI=1S/C13H24N2O2/c1-11(16)14-7-9-15(10-8-14)12-5-3-2-4-6-13(12)17/h12-13,17H,2-10H2,1H3. The summed E-state index contributed by atoms with van der Waals surface area (Å²) in [4.78, 5) is 15.5. The zero-order valence-electron chi connectivity index (χ0n) is 10.8. The van der Waals surface area contributed by atoms with E-state index in [9.17, 15) is 9.90 Å². The van der Waals surface area contributed by atoms with Crippen LogP contribution in [0.25, 0.3) is 0 Å². The van der Waals surface area contributed by atoms with Gasteiger partial charge in [-0.2, -0.15) is 0 Å². The summed E-state index contributed by atoms with van der Waals surface area (Å²) in [7, 11) is 0. The van der Waals surface area contributed by atoms with E-state index in [1.165, 1.54) is 12.8 Å². The van der Waals surface area contributed by atoms with Crippen LogP contribution in [0.15, 0.2) is 0 Å². The van der Waals surface area contributed by atoms with E-state index in [2.05, 4.69) is 4.90 Å². The van der Waals surface area contributed by atoms with Crippen LogP contribution >= 0.6 is 0 Å². The van der Waals surface area contributed by atoms with E-state index in [1.807, 2.05) is 4.90 Å². The zero-order chi connectivity index (χ0) is 12.3. The highest BCUT2D eigenvalue weighted by Crippen LogP contribution is 2.23. The summed E-state index contributed by atoms with van der Waals surface area (Å²) in [6.07, 6.45) is 5.53. The van der Waals surface area contributed by atoms with Gasteiger partial charge in [0.05, 0.1) is 6.10 Å². The maximum Gasteiger partial charge on any atom is 0.219 e. The van der Waals surface area contributed by atoms with Crippen molar-refractivity contribution in [1.29, 1.82) is 0 Å². The number of aliphatic hydroxyl groups is 1. The van der Waals surface area contributed by atoms with Crippen molar-refractivity contribution in [2.24, 2.45) is 0 Å². The molecule has 2 aliphatic rings.